The van der Waals surface area contributed by atoms with E-state index in [-0.39, 0.29) is 11.0 Å². The molecular weight excluding hydrogens is 545 g/mol. The lowest BCUT2D eigenvalue weighted by Gasteiger charge is -2.09. The number of benzene rings is 3. The van der Waals surface area contributed by atoms with Gasteiger partial charge < -0.3 is 9.73 Å². The van der Waals surface area contributed by atoms with Crippen molar-refractivity contribution in [3.63, 3.8) is 0 Å². The van der Waals surface area contributed by atoms with E-state index in [4.69, 9.17) is 16.6 Å². The smallest absolute Gasteiger partial charge is 0.257 e. The van der Waals surface area contributed by atoms with E-state index in [2.05, 4.69) is 47.0 Å². The minimum absolute atomic E-state index is 0.183. The molecule has 1 amide bonds. The maximum absolute atomic E-state index is 12.5. The van der Waals surface area contributed by atoms with Crippen molar-refractivity contribution in [1.82, 2.24) is 19.0 Å². The van der Waals surface area contributed by atoms with Crippen LogP contribution in [0.1, 0.15) is 10.4 Å². The fourth-order valence-corrected chi connectivity index (χ4v) is 4.28. The Morgan fingerprint density at radius 3 is 2.74 bits per heavy atom. The van der Waals surface area contributed by atoms with E-state index in [1.54, 1.807) is 18.2 Å². The molecule has 5 aromatic rings. The first kappa shape index (κ1) is 20.0. The molecule has 3 aromatic carbocycles. The molecule has 2 heterocycles. The summed E-state index contributed by atoms with van der Waals surface area (Å²) in [6.45, 7) is 0. The summed E-state index contributed by atoms with van der Waals surface area (Å²) in [5, 5.41) is 5.88. The first-order valence-electron chi connectivity index (χ1n) is 9.06. The van der Waals surface area contributed by atoms with Gasteiger partial charge >= 0.3 is 0 Å². The fourth-order valence-electron chi connectivity index (χ4n) is 3.01. The number of carbonyl (C=O) groups excluding carboxylic acids is 1. The number of thiocarbonyl (C=S) groups is 1. The molecule has 10 heteroatoms. The Morgan fingerprint density at radius 2 is 1.87 bits per heavy atom. The Morgan fingerprint density at radius 1 is 1.00 bits per heavy atom. The molecule has 0 saturated heterocycles. The van der Waals surface area contributed by atoms with Crippen LogP contribution < -0.4 is 10.6 Å². The second kappa shape index (κ2) is 8.29. The van der Waals surface area contributed by atoms with Crippen molar-refractivity contribution in [3.8, 4) is 11.5 Å². The van der Waals surface area contributed by atoms with Gasteiger partial charge in [-0.2, -0.15) is 8.75 Å². The summed E-state index contributed by atoms with van der Waals surface area (Å²) in [7, 11) is 0. The highest BCUT2D eigenvalue weighted by molar-refractivity contribution is 14.1. The van der Waals surface area contributed by atoms with Crippen molar-refractivity contribution in [2.45, 2.75) is 0 Å². The number of amides is 1. The molecule has 7 nitrogen and oxygen atoms in total. The Bertz CT molecular complexity index is 1460. The van der Waals surface area contributed by atoms with Crippen molar-refractivity contribution < 1.29 is 9.21 Å². The molecule has 0 unspecified atom stereocenters. The standard InChI is InChI=1S/C21H12IN5O2S2/c22-13-3-1-2-12(8-13)20-24-17-10-14(5-7-18(17)29-20)23-21(30)25-19(28)11-4-6-15-16(9-11)27-31-26-15/h1-10H,(H2,23,25,28,30). The van der Waals surface area contributed by atoms with Gasteiger partial charge in [-0.15, -0.1) is 0 Å². The Labute approximate surface area is 199 Å². The minimum Gasteiger partial charge on any atom is -0.436 e. The summed E-state index contributed by atoms with van der Waals surface area (Å²) in [5.74, 6) is 0.226. The lowest BCUT2D eigenvalue weighted by atomic mass is 10.2. The topological polar surface area (TPSA) is 92.9 Å². The third-order valence-corrected chi connectivity index (χ3v) is 5.89. The minimum atomic E-state index is -0.323. The van der Waals surface area contributed by atoms with Crippen molar-refractivity contribution in [2.24, 2.45) is 0 Å². The maximum atomic E-state index is 12.5. The zero-order chi connectivity index (χ0) is 21.4. The van der Waals surface area contributed by atoms with Crippen LogP contribution in [-0.2, 0) is 0 Å². The number of oxazole rings is 1. The van der Waals surface area contributed by atoms with E-state index in [1.807, 2.05) is 42.5 Å². The van der Waals surface area contributed by atoms with E-state index in [0.717, 1.165) is 26.4 Å². The van der Waals surface area contributed by atoms with Crippen LogP contribution in [0.4, 0.5) is 5.69 Å². The van der Waals surface area contributed by atoms with E-state index >= 15 is 0 Å². The molecule has 0 radical (unpaired) electrons. The van der Waals surface area contributed by atoms with Crippen LogP contribution in [0.5, 0.6) is 0 Å². The number of fused-ring (bicyclic) bond motifs is 2. The van der Waals surface area contributed by atoms with Crippen molar-refractivity contribution in [3.05, 3.63) is 69.8 Å². The molecule has 0 aliphatic rings. The lowest BCUT2D eigenvalue weighted by Crippen LogP contribution is -2.34. The monoisotopic (exact) mass is 557 g/mol. The average molecular weight is 557 g/mol. The number of rotatable bonds is 3. The number of aromatic nitrogens is 3. The molecule has 0 bridgehead atoms. The van der Waals surface area contributed by atoms with Crippen LogP contribution in [0.25, 0.3) is 33.6 Å². The fraction of sp³-hybridized carbons (Fsp3) is 0. The number of hydrogen-bond donors (Lipinski definition) is 2. The molecule has 152 valence electrons. The SMILES string of the molecule is O=C(NC(=S)Nc1ccc2oc(-c3cccc(I)c3)nc2c1)c1ccc2nsnc2c1. The van der Waals surface area contributed by atoms with Crippen LogP contribution >= 0.6 is 46.5 Å². The second-order valence-corrected chi connectivity index (χ2v) is 8.77. The molecule has 0 aliphatic heterocycles. The van der Waals surface area contributed by atoms with Gasteiger partial charge in [0.15, 0.2) is 10.7 Å². The Kier molecular flexibility index (Phi) is 5.34. The van der Waals surface area contributed by atoms with Crippen LogP contribution in [0, 0.1) is 3.57 Å². The highest BCUT2D eigenvalue weighted by Gasteiger charge is 2.12. The third-order valence-electron chi connectivity index (χ3n) is 4.46. The molecule has 2 N–H and O–H groups in total. The van der Waals surface area contributed by atoms with Gasteiger partial charge in [0.2, 0.25) is 5.89 Å². The van der Waals surface area contributed by atoms with E-state index in [9.17, 15) is 4.79 Å². The average Bonchev–Trinajstić information content (AvgIpc) is 3.39. The molecule has 0 atom stereocenters. The quantitative estimate of drug-likeness (QED) is 0.232. The predicted octanol–water partition coefficient (Wildman–Crippen LogP) is 5.23. The summed E-state index contributed by atoms with van der Waals surface area (Å²) >= 11 is 8.66. The molecule has 2 aromatic heterocycles. The van der Waals surface area contributed by atoms with Crippen LogP contribution in [0.15, 0.2) is 65.1 Å². The van der Waals surface area contributed by atoms with Gasteiger partial charge in [-0.05, 0) is 89.4 Å². The van der Waals surface area contributed by atoms with Crippen molar-refractivity contribution in [2.75, 3.05) is 5.32 Å². The van der Waals surface area contributed by atoms with Crippen LogP contribution in [-0.4, -0.2) is 24.8 Å². The maximum Gasteiger partial charge on any atom is 0.257 e. The predicted molar refractivity (Wildman–Crippen MR) is 133 cm³/mol. The van der Waals surface area contributed by atoms with Crippen LogP contribution in [0.2, 0.25) is 0 Å². The summed E-state index contributed by atoms with van der Waals surface area (Å²) in [4.78, 5) is 17.1. The number of carbonyl (C=O) groups is 1. The zero-order valence-corrected chi connectivity index (χ0v) is 19.4. The van der Waals surface area contributed by atoms with Gasteiger partial charge in [-0.1, -0.05) is 6.07 Å². The summed E-state index contributed by atoms with van der Waals surface area (Å²) in [6, 6.07) is 18.5. The number of anilines is 1. The summed E-state index contributed by atoms with van der Waals surface area (Å²) < 4.78 is 15.3. The molecule has 0 fully saturated rings. The first-order valence-corrected chi connectivity index (χ1v) is 11.3. The van der Waals surface area contributed by atoms with E-state index in [0.29, 0.717) is 33.8 Å². The number of nitrogens with zero attached hydrogens (tertiary/aromatic N) is 3. The largest absolute Gasteiger partial charge is 0.436 e. The van der Waals surface area contributed by atoms with Gasteiger partial charge in [0, 0.05) is 20.4 Å². The van der Waals surface area contributed by atoms with Gasteiger partial charge in [-0.3, -0.25) is 10.1 Å². The summed E-state index contributed by atoms with van der Waals surface area (Å²) in [6.07, 6.45) is 0. The zero-order valence-electron chi connectivity index (χ0n) is 15.6. The highest BCUT2D eigenvalue weighted by Crippen LogP contribution is 2.27. The van der Waals surface area contributed by atoms with Gasteiger partial charge in [0.1, 0.15) is 16.6 Å². The third kappa shape index (κ3) is 4.27. The van der Waals surface area contributed by atoms with Gasteiger partial charge in [-0.25, -0.2) is 4.98 Å². The first-order chi connectivity index (χ1) is 15.0. The van der Waals surface area contributed by atoms with E-state index < -0.39 is 0 Å². The Balaban J connectivity index is 1.31. The highest BCUT2D eigenvalue weighted by atomic mass is 127. The van der Waals surface area contributed by atoms with Crippen molar-refractivity contribution >= 4 is 85.4 Å². The molecule has 5 rings (SSSR count). The summed E-state index contributed by atoms with van der Waals surface area (Å²) in [5.41, 5.74) is 4.85. The molecule has 0 aliphatic carbocycles. The van der Waals surface area contributed by atoms with Gasteiger partial charge in [0.05, 0.1) is 11.7 Å². The number of hydrogen-bond acceptors (Lipinski definition) is 7. The molecule has 31 heavy (non-hydrogen) atoms. The normalized spacial score (nSPS) is 11.0. The molecular formula is C21H12IN5O2S2. The van der Waals surface area contributed by atoms with Crippen molar-refractivity contribution in [1.29, 1.82) is 0 Å². The Hall–Kier alpha value is -2.96. The second-order valence-electron chi connectivity index (χ2n) is 6.59. The number of nitrogens with one attached hydrogen (secondary N) is 2. The van der Waals surface area contributed by atoms with E-state index in [1.165, 1.54) is 0 Å². The molecule has 0 saturated carbocycles. The lowest BCUT2D eigenvalue weighted by molar-refractivity contribution is 0.0978. The molecule has 0 spiro atoms. The number of halogens is 1. The van der Waals surface area contributed by atoms with Gasteiger partial charge in [0.25, 0.3) is 5.91 Å². The van der Waals surface area contributed by atoms with Crippen LogP contribution in [0.3, 0.4) is 0 Å².